The number of amides is 3. The zero-order chi connectivity index (χ0) is 16.8. The van der Waals surface area contributed by atoms with Gasteiger partial charge in [0.1, 0.15) is 5.60 Å². The monoisotopic (exact) mass is 327 g/mol. The van der Waals surface area contributed by atoms with Gasteiger partial charge in [-0.25, -0.2) is 14.5 Å². The quantitative estimate of drug-likeness (QED) is 0.890. The first-order valence-electron chi connectivity index (χ1n) is 6.96. The number of hydrogen-bond acceptors (Lipinski definition) is 4. The molecule has 0 radical (unpaired) electrons. The molecule has 0 heterocycles. The van der Waals surface area contributed by atoms with E-state index in [0.717, 1.165) is 10.5 Å². The molecule has 0 saturated carbocycles. The van der Waals surface area contributed by atoms with Gasteiger partial charge in [-0.2, -0.15) is 0 Å². The maximum Gasteiger partial charge on any atom is 0.418 e. The van der Waals surface area contributed by atoms with E-state index in [9.17, 15) is 9.59 Å². The van der Waals surface area contributed by atoms with Crippen LogP contribution in [0.5, 0.6) is 0 Å². The van der Waals surface area contributed by atoms with Gasteiger partial charge in [-0.3, -0.25) is 0 Å². The number of urea groups is 1. The molecule has 0 bridgehead atoms. The van der Waals surface area contributed by atoms with E-state index in [-0.39, 0.29) is 19.6 Å². The fourth-order valence-corrected chi connectivity index (χ4v) is 1.72. The van der Waals surface area contributed by atoms with Crippen LogP contribution in [0.1, 0.15) is 26.3 Å². The van der Waals surface area contributed by atoms with Gasteiger partial charge in [0.25, 0.3) is 0 Å². The number of hydrogen-bond donors (Lipinski definition) is 2. The summed E-state index contributed by atoms with van der Waals surface area (Å²) in [7, 11) is 0. The fraction of sp³-hybridized carbons (Fsp3) is 0.467. The van der Waals surface area contributed by atoms with Crippen molar-refractivity contribution in [3.05, 3.63) is 34.9 Å². The number of carbonyl (C=O) groups excluding carboxylic acids is 2. The topological polar surface area (TPSA) is 84.7 Å². The van der Waals surface area contributed by atoms with Crippen molar-refractivity contribution in [3.63, 3.8) is 0 Å². The van der Waals surface area contributed by atoms with Crippen molar-refractivity contribution < 1.29 is 14.3 Å². The Balaban J connectivity index is 2.64. The molecule has 0 aliphatic heterocycles. The second-order valence-corrected chi connectivity index (χ2v) is 6.14. The lowest BCUT2D eigenvalue weighted by Crippen LogP contribution is -2.47. The highest BCUT2D eigenvalue weighted by Crippen LogP contribution is 2.11. The van der Waals surface area contributed by atoms with Crippen LogP contribution in [0.3, 0.4) is 0 Å². The highest BCUT2D eigenvalue weighted by atomic mass is 35.5. The molecule has 0 unspecified atom stereocenters. The van der Waals surface area contributed by atoms with E-state index in [0.29, 0.717) is 5.02 Å². The van der Waals surface area contributed by atoms with Crippen LogP contribution in [0, 0.1) is 0 Å². The molecule has 22 heavy (non-hydrogen) atoms. The molecule has 0 aromatic heterocycles. The molecule has 0 fully saturated rings. The van der Waals surface area contributed by atoms with Gasteiger partial charge in [0.15, 0.2) is 0 Å². The van der Waals surface area contributed by atoms with Crippen molar-refractivity contribution in [1.82, 2.24) is 10.2 Å². The van der Waals surface area contributed by atoms with Crippen molar-refractivity contribution in [1.29, 1.82) is 0 Å². The van der Waals surface area contributed by atoms with Crippen LogP contribution < -0.4 is 11.1 Å². The van der Waals surface area contributed by atoms with Crippen LogP contribution in [0.4, 0.5) is 9.59 Å². The Kier molecular flexibility index (Phi) is 6.64. The Morgan fingerprint density at radius 2 is 1.86 bits per heavy atom. The molecule has 0 aliphatic carbocycles. The average Bonchev–Trinajstić information content (AvgIpc) is 2.41. The van der Waals surface area contributed by atoms with Crippen LogP contribution in [0.25, 0.3) is 0 Å². The zero-order valence-electron chi connectivity index (χ0n) is 13.1. The summed E-state index contributed by atoms with van der Waals surface area (Å²) in [5.41, 5.74) is 5.64. The molecule has 1 rings (SSSR count). The summed E-state index contributed by atoms with van der Waals surface area (Å²) >= 11 is 5.80. The maximum atomic E-state index is 12.1. The van der Waals surface area contributed by atoms with Gasteiger partial charge < -0.3 is 15.8 Å². The lowest BCUT2D eigenvalue weighted by Gasteiger charge is -2.26. The average molecular weight is 328 g/mol. The third kappa shape index (κ3) is 6.32. The second-order valence-electron chi connectivity index (χ2n) is 5.71. The molecule has 0 saturated heterocycles. The fourth-order valence-electron chi connectivity index (χ4n) is 1.60. The smallest absolute Gasteiger partial charge is 0.418 e. The highest BCUT2D eigenvalue weighted by Gasteiger charge is 2.26. The predicted molar refractivity (Wildman–Crippen MR) is 85.7 cm³/mol. The van der Waals surface area contributed by atoms with Crippen LogP contribution in [-0.2, 0) is 11.3 Å². The van der Waals surface area contributed by atoms with E-state index >= 15 is 0 Å². The van der Waals surface area contributed by atoms with E-state index in [1.54, 1.807) is 45.0 Å². The summed E-state index contributed by atoms with van der Waals surface area (Å²) in [6.07, 6.45) is -0.716. The minimum atomic E-state index is -0.716. The lowest BCUT2D eigenvalue weighted by molar-refractivity contribution is 0.0325. The van der Waals surface area contributed by atoms with Crippen molar-refractivity contribution in [2.75, 3.05) is 13.1 Å². The van der Waals surface area contributed by atoms with E-state index < -0.39 is 17.7 Å². The number of nitrogens with zero attached hydrogens (tertiary/aromatic N) is 1. The number of imide groups is 1. The molecular formula is C15H22ClN3O3. The third-order valence-electron chi connectivity index (χ3n) is 2.57. The SMILES string of the molecule is CC(C)(C)OC(=O)N(CCN)C(=O)NCc1ccc(Cl)cc1. The summed E-state index contributed by atoms with van der Waals surface area (Å²) < 4.78 is 5.19. The van der Waals surface area contributed by atoms with E-state index in [1.807, 2.05) is 0 Å². The second kappa shape index (κ2) is 8.00. The molecule has 3 N–H and O–H groups in total. The van der Waals surface area contributed by atoms with E-state index in [2.05, 4.69) is 5.32 Å². The van der Waals surface area contributed by atoms with Crippen molar-refractivity contribution in [2.24, 2.45) is 5.73 Å². The minimum absolute atomic E-state index is 0.0847. The van der Waals surface area contributed by atoms with Gasteiger partial charge in [0.05, 0.1) is 0 Å². The van der Waals surface area contributed by atoms with Crippen molar-refractivity contribution in [3.8, 4) is 0 Å². The maximum absolute atomic E-state index is 12.1. The van der Waals surface area contributed by atoms with Gasteiger partial charge in [-0.1, -0.05) is 23.7 Å². The Labute approximate surface area is 135 Å². The molecule has 0 atom stereocenters. The minimum Gasteiger partial charge on any atom is -0.443 e. The Morgan fingerprint density at radius 3 is 2.36 bits per heavy atom. The van der Waals surface area contributed by atoms with Gasteiger partial charge in [0, 0.05) is 24.7 Å². The normalized spacial score (nSPS) is 11.0. The first-order valence-corrected chi connectivity index (χ1v) is 7.33. The Hall–Kier alpha value is -1.79. The standard InChI is InChI=1S/C15H22ClN3O3/c1-15(2,3)22-14(21)19(9-8-17)13(20)18-10-11-4-6-12(16)7-5-11/h4-7H,8-10,17H2,1-3H3,(H,18,20). The molecule has 0 spiro atoms. The summed E-state index contributed by atoms with van der Waals surface area (Å²) in [5, 5.41) is 3.28. The molecule has 6 nitrogen and oxygen atoms in total. The van der Waals surface area contributed by atoms with E-state index in [1.165, 1.54) is 0 Å². The molecule has 3 amide bonds. The van der Waals surface area contributed by atoms with Crippen LogP contribution in [0.2, 0.25) is 5.02 Å². The summed E-state index contributed by atoms with van der Waals surface area (Å²) in [6, 6.07) is 6.50. The molecule has 1 aromatic rings. The van der Waals surface area contributed by atoms with Crippen LogP contribution in [0.15, 0.2) is 24.3 Å². The largest absolute Gasteiger partial charge is 0.443 e. The predicted octanol–water partition coefficient (Wildman–Crippen LogP) is 2.75. The van der Waals surface area contributed by atoms with Gasteiger partial charge in [-0.15, -0.1) is 0 Å². The highest BCUT2D eigenvalue weighted by molar-refractivity contribution is 6.30. The number of ether oxygens (including phenoxy) is 1. The van der Waals surface area contributed by atoms with Gasteiger partial charge >= 0.3 is 12.1 Å². The number of nitrogens with one attached hydrogen (secondary N) is 1. The van der Waals surface area contributed by atoms with Crippen LogP contribution >= 0.6 is 11.6 Å². The molecule has 1 aromatic carbocycles. The zero-order valence-corrected chi connectivity index (χ0v) is 13.8. The Bertz CT molecular complexity index is 512. The lowest BCUT2D eigenvalue weighted by atomic mass is 10.2. The summed E-state index contributed by atoms with van der Waals surface area (Å²) in [6.45, 7) is 5.72. The summed E-state index contributed by atoms with van der Waals surface area (Å²) in [5.74, 6) is 0. The molecule has 122 valence electrons. The first kappa shape index (κ1) is 18.3. The van der Waals surface area contributed by atoms with Gasteiger partial charge in [-0.05, 0) is 38.5 Å². The Morgan fingerprint density at radius 1 is 1.27 bits per heavy atom. The van der Waals surface area contributed by atoms with Crippen molar-refractivity contribution >= 4 is 23.7 Å². The number of rotatable bonds is 4. The van der Waals surface area contributed by atoms with Gasteiger partial charge in [0.2, 0.25) is 0 Å². The number of carbonyl (C=O) groups is 2. The molecule has 7 heteroatoms. The summed E-state index contributed by atoms with van der Waals surface area (Å²) in [4.78, 5) is 25.1. The third-order valence-corrected chi connectivity index (χ3v) is 2.82. The number of nitrogens with two attached hydrogens (primary N) is 1. The van der Waals surface area contributed by atoms with Crippen molar-refractivity contribution in [2.45, 2.75) is 32.9 Å². The van der Waals surface area contributed by atoms with E-state index in [4.69, 9.17) is 22.1 Å². The molecule has 0 aliphatic rings. The first-order chi connectivity index (χ1) is 10.2. The number of halogens is 1. The van der Waals surface area contributed by atoms with Crippen LogP contribution in [-0.4, -0.2) is 35.7 Å². The molecular weight excluding hydrogens is 306 g/mol. The number of benzene rings is 1.